The van der Waals surface area contributed by atoms with Crippen LogP contribution in [0.15, 0.2) is 48.7 Å². The minimum atomic E-state index is -3.72. The predicted molar refractivity (Wildman–Crippen MR) is 72.7 cm³/mol. The molecule has 0 spiro atoms. The molecule has 0 bridgehead atoms. The lowest BCUT2D eigenvalue weighted by atomic mass is 10.1. The van der Waals surface area contributed by atoms with Crippen LogP contribution in [0.4, 0.5) is 0 Å². The van der Waals surface area contributed by atoms with Gasteiger partial charge in [0, 0.05) is 20.0 Å². The molecule has 1 heterocycles. The van der Waals surface area contributed by atoms with Crippen LogP contribution in [0.5, 0.6) is 0 Å². The van der Waals surface area contributed by atoms with Gasteiger partial charge in [-0.3, -0.25) is 4.98 Å². The monoisotopic (exact) mass is 233 g/mol. The van der Waals surface area contributed by atoms with Crippen LogP contribution >= 0.6 is 0 Å². The molecule has 0 fully saturated rings. The van der Waals surface area contributed by atoms with Crippen LogP contribution in [0, 0.1) is 0 Å². The number of hydrogen-bond acceptors (Lipinski definition) is 1. The first-order valence-corrected chi connectivity index (χ1v) is 7.59. The van der Waals surface area contributed by atoms with Crippen LogP contribution in [0.3, 0.4) is 0 Å². The Labute approximate surface area is 107 Å². The quantitative estimate of drug-likeness (QED) is 0.725. The number of benzene rings is 1. The molecule has 0 amide bonds. The van der Waals surface area contributed by atoms with Crippen molar-refractivity contribution in [1.82, 2.24) is 4.98 Å². The molecule has 0 saturated heterocycles. The van der Waals surface area contributed by atoms with Crippen LogP contribution in [0.2, 0.25) is 19.5 Å². The van der Waals surface area contributed by atoms with E-state index in [1.807, 2.05) is 30.3 Å². The van der Waals surface area contributed by atoms with Crippen molar-refractivity contribution in [3.05, 3.63) is 48.7 Å². The summed E-state index contributed by atoms with van der Waals surface area (Å²) < 4.78 is 46.2. The number of nitrogens with zero attached hydrogens (tertiary/aromatic N) is 1. The van der Waals surface area contributed by atoms with E-state index < -0.39 is 21.0 Å². The summed E-state index contributed by atoms with van der Waals surface area (Å²) in [4.78, 5) is 4.28. The van der Waals surface area contributed by atoms with Crippen molar-refractivity contribution in [1.29, 1.82) is 0 Å². The lowest BCUT2D eigenvalue weighted by Crippen LogP contribution is -2.37. The zero-order valence-electron chi connectivity index (χ0n) is 15.1. The molecule has 0 radical (unpaired) electrons. The standard InChI is InChI=1S/C14H17NSi/c1-16(2,3)13-9-10-14(15-11-13)12-7-5-4-6-8-12/h4-11H,1-3H3/i1D3,2D3. The number of hydrogen-bond donors (Lipinski definition) is 0. The average molecular weight is 233 g/mol. The molecular formula is C14H17NSi. The lowest BCUT2D eigenvalue weighted by Gasteiger charge is -2.16. The molecule has 1 nitrogen and oxygen atoms in total. The van der Waals surface area contributed by atoms with E-state index in [1.54, 1.807) is 12.1 Å². The summed E-state index contributed by atoms with van der Waals surface area (Å²) in [5.74, 6) is 0. The third-order valence-electron chi connectivity index (χ3n) is 2.41. The van der Waals surface area contributed by atoms with Gasteiger partial charge in [-0.2, -0.15) is 0 Å². The van der Waals surface area contributed by atoms with E-state index in [9.17, 15) is 0 Å². The molecule has 2 aromatic rings. The molecule has 0 atom stereocenters. The second kappa shape index (κ2) is 4.22. The van der Waals surface area contributed by atoms with E-state index in [0.29, 0.717) is 10.9 Å². The Kier molecular flexibility index (Phi) is 1.52. The van der Waals surface area contributed by atoms with Gasteiger partial charge in [-0.05, 0) is 11.3 Å². The summed E-state index contributed by atoms with van der Waals surface area (Å²) in [5.41, 5.74) is 1.59. The molecule has 0 aliphatic rings. The molecule has 82 valence electrons. The molecule has 0 N–H and O–H groups in total. The first kappa shape index (κ1) is 5.78. The van der Waals surface area contributed by atoms with Gasteiger partial charge in [0.25, 0.3) is 0 Å². The third kappa shape index (κ3) is 2.39. The fourth-order valence-electron chi connectivity index (χ4n) is 1.47. The molecule has 0 unspecified atom stereocenters. The van der Waals surface area contributed by atoms with Gasteiger partial charge in [0.2, 0.25) is 0 Å². The number of pyridine rings is 1. The Morgan fingerprint density at radius 3 is 2.38 bits per heavy atom. The largest absolute Gasteiger partial charge is 0.256 e. The minimum absolute atomic E-state index is 0.326. The van der Waals surface area contributed by atoms with Gasteiger partial charge in [0.15, 0.2) is 0 Å². The summed E-state index contributed by atoms with van der Waals surface area (Å²) in [5, 5.41) is 0.326. The van der Waals surface area contributed by atoms with E-state index in [4.69, 9.17) is 8.22 Å². The maximum absolute atomic E-state index is 7.70. The highest BCUT2D eigenvalue weighted by Gasteiger charge is 2.16. The van der Waals surface area contributed by atoms with Gasteiger partial charge in [0.05, 0.1) is 13.8 Å². The van der Waals surface area contributed by atoms with Crippen molar-refractivity contribution in [3.8, 4) is 11.3 Å². The average Bonchev–Trinajstić information content (AvgIpc) is 2.45. The van der Waals surface area contributed by atoms with Gasteiger partial charge >= 0.3 is 0 Å². The normalized spacial score (nSPS) is 18.6. The first-order chi connectivity index (χ1) is 10.1. The van der Waals surface area contributed by atoms with Gasteiger partial charge < -0.3 is 0 Å². The topological polar surface area (TPSA) is 12.9 Å². The zero-order valence-corrected chi connectivity index (χ0v) is 10.1. The highest BCUT2D eigenvalue weighted by Crippen LogP contribution is 2.15. The second-order valence-corrected chi connectivity index (χ2v) is 6.75. The van der Waals surface area contributed by atoms with Crippen LogP contribution in [0.1, 0.15) is 8.22 Å². The molecule has 0 saturated carbocycles. The van der Waals surface area contributed by atoms with Crippen LogP contribution in [0.25, 0.3) is 11.3 Å². The van der Waals surface area contributed by atoms with Crippen molar-refractivity contribution in [2.24, 2.45) is 0 Å². The SMILES string of the molecule is [2H]C([2H])([2H])[Si](C)(c1ccc(-c2ccccc2)nc1)C([2H])([2H])[2H]. The fourth-order valence-corrected chi connectivity index (χ4v) is 2.21. The van der Waals surface area contributed by atoms with Crippen molar-refractivity contribution >= 4 is 13.3 Å². The van der Waals surface area contributed by atoms with E-state index in [-0.39, 0.29) is 0 Å². The molecule has 16 heavy (non-hydrogen) atoms. The Morgan fingerprint density at radius 2 is 1.81 bits per heavy atom. The molecule has 0 aliphatic carbocycles. The van der Waals surface area contributed by atoms with Crippen LogP contribution in [-0.2, 0) is 0 Å². The predicted octanol–water partition coefficient (Wildman–Crippen LogP) is 3.29. The molecule has 1 aromatic heterocycles. The third-order valence-corrected chi connectivity index (χ3v) is 3.86. The second-order valence-electron chi connectivity index (χ2n) is 3.92. The maximum Gasteiger partial charge on any atom is 0.0796 e. The lowest BCUT2D eigenvalue weighted by molar-refractivity contribution is 1.34. The highest BCUT2D eigenvalue weighted by molar-refractivity contribution is 6.88. The van der Waals surface area contributed by atoms with E-state index in [0.717, 1.165) is 5.56 Å². The molecule has 1 aromatic carbocycles. The smallest absolute Gasteiger partial charge is 0.0796 e. The van der Waals surface area contributed by atoms with Gasteiger partial charge in [0.1, 0.15) is 0 Å². The minimum Gasteiger partial charge on any atom is -0.256 e. The summed E-state index contributed by atoms with van der Waals surface area (Å²) >= 11 is 0. The van der Waals surface area contributed by atoms with Crippen molar-refractivity contribution in [3.63, 3.8) is 0 Å². The highest BCUT2D eigenvalue weighted by atomic mass is 28.3. The molecular weight excluding hydrogens is 210 g/mol. The molecule has 0 aliphatic heterocycles. The summed E-state index contributed by atoms with van der Waals surface area (Å²) in [6.07, 6.45) is 1.41. The van der Waals surface area contributed by atoms with E-state index in [1.165, 1.54) is 12.7 Å². The van der Waals surface area contributed by atoms with E-state index in [2.05, 4.69) is 4.98 Å². The summed E-state index contributed by atoms with van der Waals surface area (Å²) in [7, 11) is -3.72. The maximum atomic E-state index is 7.70. The first-order valence-electron chi connectivity index (χ1n) is 8.09. The molecule has 2 rings (SSSR count). The summed E-state index contributed by atoms with van der Waals surface area (Å²) in [6, 6.07) is 12.7. The number of aromatic nitrogens is 1. The van der Waals surface area contributed by atoms with Crippen LogP contribution < -0.4 is 5.19 Å². The van der Waals surface area contributed by atoms with Gasteiger partial charge in [-0.15, -0.1) is 0 Å². The zero-order chi connectivity index (χ0) is 16.6. The Balaban J connectivity index is 2.48. The molecule has 2 heteroatoms. The Hall–Kier alpha value is -1.41. The Bertz CT molecular complexity index is 619. The van der Waals surface area contributed by atoms with Crippen LogP contribution in [-0.4, -0.2) is 13.1 Å². The Morgan fingerprint density at radius 1 is 1.06 bits per heavy atom. The summed E-state index contributed by atoms with van der Waals surface area (Å²) in [6.45, 7) is -3.66. The van der Waals surface area contributed by atoms with E-state index >= 15 is 0 Å². The van der Waals surface area contributed by atoms with Crippen molar-refractivity contribution in [2.75, 3.05) is 0 Å². The van der Waals surface area contributed by atoms with Crippen molar-refractivity contribution in [2.45, 2.75) is 19.5 Å². The fraction of sp³-hybridized carbons (Fsp3) is 0.214. The number of rotatable bonds is 2. The van der Waals surface area contributed by atoms with Gasteiger partial charge in [-0.25, -0.2) is 0 Å². The van der Waals surface area contributed by atoms with Crippen molar-refractivity contribution < 1.29 is 8.22 Å². The van der Waals surface area contributed by atoms with Gasteiger partial charge in [-0.1, -0.05) is 55.9 Å².